The largest absolute Gasteiger partial charge is 0.310 e. The van der Waals surface area contributed by atoms with Gasteiger partial charge in [0.15, 0.2) is 0 Å². The number of anilines is 1. The van der Waals surface area contributed by atoms with Gasteiger partial charge in [0.1, 0.15) is 5.82 Å². The highest BCUT2D eigenvalue weighted by molar-refractivity contribution is 6.19. The summed E-state index contributed by atoms with van der Waals surface area (Å²) < 4.78 is 0. The Morgan fingerprint density at radius 3 is 3.00 bits per heavy atom. The van der Waals surface area contributed by atoms with Gasteiger partial charge in [-0.3, -0.25) is 4.79 Å². The van der Waals surface area contributed by atoms with E-state index in [1.165, 1.54) is 0 Å². The highest BCUT2D eigenvalue weighted by Gasteiger charge is 2.12. The molecule has 1 aromatic rings. The van der Waals surface area contributed by atoms with Crippen molar-refractivity contribution in [3.8, 4) is 0 Å². The Labute approximate surface area is 88.5 Å². The minimum Gasteiger partial charge on any atom is -0.310 e. The molecule has 1 atom stereocenters. The maximum Gasteiger partial charge on any atom is 0.229 e. The fraction of sp³-hybridized carbons (Fsp3) is 0.400. The van der Waals surface area contributed by atoms with E-state index in [4.69, 9.17) is 11.6 Å². The Balaban J connectivity index is 2.70. The lowest BCUT2D eigenvalue weighted by molar-refractivity contribution is -0.118. The first-order valence-corrected chi connectivity index (χ1v) is 4.97. The number of hydrogen-bond donors (Lipinski definition) is 1. The average Bonchev–Trinajstić information content (AvgIpc) is 2.20. The summed E-state index contributed by atoms with van der Waals surface area (Å²) in [7, 11) is 0. The zero-order chi connectivity index (χ0) is 10.6. The minimum atomic E-state index is -0.196. The number of halogens is 1. The van der Waals surface area contributed by atoms with Crippen molar-refractivity contribution in [1.29, 1.82) is 0 Å². The lowest BCUT2D eigenvalue weighted by Crippen LogP contribution is -2.22. The molecule has 1 heterocycles. The van der Waals surface area contributed by atoms with Crippen molar-refractivity contribution in [2.24, 2.45) is 5.92 Å². The second-order valence-corrected chi connectivity index (χ2v) is 3.52. The van der Waals surface area contributed by atoms with E-state index in [0.717, 1.165) is 5.56 Å². The van der Waals surface area contributed by atoms with Crippen LogP contribution in [0.25, 0.3) is 0 Å². The fourth-order valence-electron chi connectivity index (χ4n) is 0.927. The Kier molecular flexibility index (Phi) is 3.89. The highest BCUT2D eigenvalue weighted by atomic mass is 35.5. The first-order chi connectivity index (χ1) is 6.65. The molecule has 3 nitrogen and oxygen atoms in total. The van der Waals surface area contributed by atoms with Gasteiger partial charge in [0, 0.05) is 18.0 Å². The van der Waals surface area contributed by atoms with Crippen LogP contribution >= 0.6 is 11.6 Å². The third-order valence-electron chi connectivity index (χ3n) is 1.93. The number of rotatable bonds is 3. The van der Waals surface area contributed by atoms with Crippen LogP contribution in [0.2, 0.25) is 0 Å². The lowest BCUT2D eigenvalue weighted by Gasteiger charge is -2.09. The molecular formula is C10H13ClN2O. The van der Waals surface area contributed by atoms with Gasteiger partial charge in [0.05, 0.1) is 0 Å². The Hall–Kier alpha value is -1.09. The molecule has 0 fully saturated rings. The number of alkyl halides is 1. The van der Waals surface area contributed by atoms with E-state index < -0.39 is 0 Å². The summed E-state index contributed by atoms with van der Waals surface area (Å²) in [5, 5.41) is 2.73. The van der Waals surface area contributed by atoms with Crippen LogP contribution in [0.5, 0.6) is 0 Å². The first kappa shape index (κ1) is 11.0. The number of aryl methyl sites for hydroxylation is 1. The van der Waals surface area contributed by atoms with Crippen LogP contribution in [0.3, 0.4) is 0 Å². The molecule has 0 saturated heterocycles. The number of nitrogens with one attached hydrogen (secondary N) is 1. The molecule has 4 heteroatoms. The molecule has 1 unspecified atom stereocenters. The number of pyridine rings is 1. The number of nitrogens with zero attached hydrogens (tertiary/aromatic N) is 1. The molecule has 0 spiro atoms. The van der Waals surface area contributed by atoms with Crippen molar-refractivity contribution in [3.05, 3.63) is 23.9 Å². The topological polar surface area (TPSA) is 42.0 Å². The Morgan fingerprint density at radius 2 is 2.43 bits per heavy atom. The minimum absolute atomic E-state index is 0.0956. The van der Waals surface area contributed by atoms with Crippen LogP contribution in [-0.4, -0.2) is 16.8 Å². The summed E-state index contributed by atoms with van der Waals surface area (Å²) in [5.74, 6) is 0.631. The summed E-state index contributed by atoms with van der Waals surface area (Å²) in [6.07, 6.45) is 1.65. The van der Waals surface area contributed by atoms with Crippen LogP contribution in [0.4, 0.5) is 5.82 Å². The zero-order valence-electron chi connectivity index (χ0n) is 8.25. The van der Waals surface area contributed by atoms with Gasteiger partial charge in [-0.2, -0.15) is 0 Å². The first-order valence-electron chi connectivity index (χ1n) is 4.43. The number of amides is 1. The van der Waals surface area contributed by atoms with Gasteiger partial charge in [-0.15, -0.1) is 11.6 Å². The van der Waals surface area contributed by atoms with Crippen LogP contribution in [0.15, 0.2) is 18.3 Å². The van der Waals surface area contributed by atoms with Crippen molar-refractivity contribution < 1.29 is 4.79 Å². The van der Waals surface area contributed by atoms with E-state index in [1.54, 1.807) is 13.1 Å². The van der Waals surface area contributed by atoms with Gasteiger partial charge < -0.3 is 5.32 Å². The lowest BCUT2D eigenvalue weighted by atomic mass is 10.2. The van der Waals surface area contributed by atoms with E-state index in [1.807, 2.05) is 19.1 Å². The van der Waals surface area contributed by atoms with Crippen molar-refractivity contribution >= 4 is 23.3 Å². The predicted molar refractivity (Wildman–Crippen MR) is 57.5 cm³/mol. The molecule has 0 bridgehead atoms. The van der Waals surface area contributed by atoms with Crippen LogP contribution < -0.4 is 5.32 Å². The van der Waals surface area contributed by atoms with Gasteiger partial charge in [0.25, 0.3) is 0 Å². The van der Waals surface area contributed by atoms with Crippen LogP contribution in [0.1, 0.15) is 12.5 Å². The number of carbonyl (C=O) groups excluding carboxylic acids is 1. The Bertz CT molecular complexity index is 328. The van der Waals surface area contributed by atoms with Gasteiger partial charge in [-0.05, 0) is 18.6 Å². The van der Waals surface area contributed by atoms with E-state index >= 15 is 0 Å². The van der Waals surface area contributed by atoms with Crippen molar-refractivity contribution in [2.45, 2.75) is 13.8 Å². The number of carbonyl (C=O) groups is 1. The molecule has 0 radical (unpaired) electrons. The number of hydrogen-bond acceptors (Lipinski definition) is 2. The third-order valence-corrected chi connectivity index (χ3v) is 2.39. The molecule has 0 aliphatic carbocycles. The molecule has 1 rings (SSSR count). The van der Waals surface area contributed by atoms with Crippen LogP contribution in [-0.2, 0) is 4.79 Å². The van der Waals surface area contributed by atoms with Gasteiger partial charge in [-0.1, -0.05) is 13.0 Å². The Morgan fingerprint density at radius 1 is 1.71 bits per heavy atom. The predicted octanol–water partition coefficient (Wildman–Crippen LogP) is 2.20. The third kappa shape index (κ3) is 2.70. The average molecular weight is 213 g/mol. The molecule has 1 N–H and O–H groups in total. The normalized spacial score (nSPS) is 12.2. The smallest absolute Gasteiger partial charge is 0.229 e. The van der Waals surface area contributed by atoms with E-state index in [2.05, 4.69) is 10.3 Å². The maximum atomic E-state index is 11.5. The van der Waals surface area contributed by atoms with E-state index in [-0.39, 0.29) is 11.8 Å². The van der Waals surface area contributed by atoms with Crippen molar-refractivity contribution in [3.63, 3.8) is 0 Å². The maximum absolute atomic E-state index is 11.5. The summed E-state index contributed by atoms with van der Waals surface area (Å²) in [6, 6.07) is 3.73. The van der Waals surface area contributed by atoms with E-state index in [9.17, 15) is 4.79 Å². The second kappa shape index (κ2) is 4.96. The molecule has 1 aromatic heterocycles. The van der Waals surface area contributed by atoms with Gasteiger partial charge >= 0.3 is 0 Å². The molecule has 1 amide bonds. The summed E-state index contributed by atoms with van der Waals surface area (Å²) in [6.45, 7) is 3.68. The van der Waals surface area contributed by atoms with Crippen LogP contribution in [0, 0.1) is 12.8 Å². The summed E-state index contributed by atoms with van der Waals surface area (Å²) in [5.41, 5.74) is 0.947. The highest BCUT2D eigenvalue weighted by Crippen LogP contribution is 2.11. The quantitative estimate of drug-likeness (QED) is 0.781. The molecule has 76 valence electrons. The van der Waals surface area contributed by atoms with E-state index in [0.29, 0.717) is 11.7 Å². The molecule has 0 aliphatic rings. The van der Waals surface area contributed by atoms with Gasteiger partial charge in [-0.25, -0.2) is 4.98 Å². The van der Waals surface area contributed by atoms with Gasteiger partial charge in [0.2, 0.25) is 5.91 Å². The molecular weight excluding hydrogens is 200 g/mol. The molecule has 0 saturated carbocycles. The van der Waals surface area contributed by atoms with Crippen molar-refractivity contribution in [1.82, 2.24) is 4.98 Å². The fourth-order valence-corrected chi connectivity index (χ4v) is 1.07. The SMILES string of the molecule is Cc1cccnc1NC(=O)C(C)CCl. The zero-order valence-corrected chi connectivity index (χ0v) is 9.01. The summed E-state index contributed by atoms with van der Waals surface area (Å²) in [4.78, 5) is 15.5. The number of aromatic nitrogens is 1. The monoisotopic (exact) mass is 212 g/mol. The van der Waals surface area contributed by atoms with Crippen molar-refractivity contribution in [2.75, 3.05) is 11.2 Å². The molecule has 0 aromatic carbocycles. The standard InChI is InChI=1S/C10H13ClN2O/c1-7-4-3-5-12-9(7)13-10(14)8(2)6-11/h3-5,8H,6H2,1-2H3,(H,12,13,14). The molecule has 0 aliphatic heterocycles. The second-order valence-electron chi connectivity index (χ2n) is 3.21. The summed E-state index contributed by atoms with van der Waals surface area (Å²) >= 11 is 5.57. The molecule has 14 heavy (non-hydrogen) atoms.